The Bertz CT molecular complexity index is 663. The number of benzene rings is 1. The average molecular weight is 431 g/mol. The Morgan fingerprint density at radius 1 is 1.14 bits per heavy atom. The second-order valence-corrected chi connectivity index (χ2v) is 6.54. The molecule has 0 aliphatic carbocycles. The van der Waals surface area contributed by atoms with E-state index in [0.29, 0.717) is 25.7 Å². The number of nitrogens with two attached hydrogens (primary N) is 1. The molecular weight excluding hydrogens is 408 g/mol. The Hall–Kier alpha value is -2.17. The second kappa shape index (κ2) is 10.6. The van der Waals surface area contributed by atoms with E-state index < -0.39 is 36.1 Å². The minimum atomic E-state index is -5.00. The van der Waals surface area contributed by atoms with E-state index in [4.69, 9.17) is 10.8 Å². The molecule has 0 heterocycles. The van der Waals surface area contributed by atoms with E-state index in [0.717, 1.165) is 18.2 Å². The molecule has 3 N–H and O–H groups in total. The molecule has 0 spiro atoms. The van der Waals surface area contributed by atoms with Crippen LogP contribution in [0.2, 0.25) is 0 Å². The van der Waals surface area contributed by atoms with E-state index in [1.165, 1.54) is 0 Å². The van der Waals surface area contributed by atoms with Crippen LogP contribution in [0.15, 0.2) is 18.2 Å². The smallest absolute Gasteiger partial charge is 0.481 e. The molecule has 0 saturated carbocycles. The molecule has 29 heavy (non-hydrogen) atoms. The van der Waals surface area contributed by atoms with Gasteiger partial charge in [-0.2, -0.15) is 0 Å². The second-order valence-electron chi connectivity index (χ2n) is 6.54. The molecular formula is C18H23F6NO4. The lowest BCUT2D eigenvalue weighted by Gasteiger charge is -2.19. The van der Waals surface area contributed by atoms with Gasteiger partial charge in [0, 0.05) is 6.54 Å². The van der Waals surface area contributed by atoms with E-state index in [1.807, 2.05) is 6.92 Å². The van der Waals surface area contributed by atoms with E-state index in [9.17, 15) is 31.1 Å². The molecule has 166 valence electrons. The fourth-order valence-electron chi connectivity index (χ4n) is 2.94. The van der Waals surface area contributed by atoms with Gasteiger partial charge in [0.1, 0.15) is 11.5 Å². The van der Waals surface area contributed by atoms with Crippen molar-refractivity contribution < 1.29 is 45.7 Å². The van der Waals surface area contributed by atoms with Gasteiger partial charge in [0.15, 0.2) is 0 Å². The fourth-order valence-corrected chi connectivity index (χ4v) is 2.94. The van der Waals surface area contributed by atoms with Gasteiger partial charge in [0.05, 0.1) is 5.92 Å². The maximum absolute atomic E-state index is 12.6. The number of aliphatic carboxylic acids is 1. The monoisotopic (exact) mass is 431 g/mol. The number of hydrogen-bond donors (Lipinski definition) is 2. The predicted octanol–water partition coefficient (Wildman–Crippen LogP) is 4.88. The molecule has 0 amide bonds. The summed E-state index contributed by atoms with van der Waals surface area (Å²) in [4.78, 5) is 11.1. The van der Waals surface area contributed by atoms with Crippen molar-refractivity contribution in [2.24, 2.45) is 17.6 Å². The Morgan fingerprint density at radius 2 is 1.76 bits per heavy atom. The quantitative estimate of drug-likeness (QED) is 0.488. The summed E-state index contributed by atoms with van der Waals surface area (Å²) in [7, 11) is 0. The van der Waals surface area contributed by atoms with Crippen molar-refractivity contribution in [1.29, 1.82) is 0 Å². The van der Waals surface area contributed by atoms with Crippen molar-refractivity contribution in [3.05, 3.63) is 23.8 Å². The molecule has 0 aromatic heterocycles. The molecule has 0 bridgehead atoms. The van der Waals surface area contributed by atoms with E-state index in [2.05, 4.69) is 9.47 Å². The summed E-state index contributed by atoms with van der Waals surface area (Å²) in [5.41, 5.74) is 5.34. The lowest BCUT2D eigenvalue weighted by Crippen LogP contribution is -2.25. The van der Waals surface area contributed by atoms with Crippen LogP contribution >= 0.6 is 0 Å². The fraction of sp³-hybridized carbons (Fsp3) is 0.611. The Morgan fingerprint density at radius 3 is 2.24 bits per heavy atom. The molecule has 0 saturated heterocycles. The number of rotatable bonds is 11. The van der Waals surface area contributed by atoms with Crippen molar-refractivity contribution in [2.45, 2.75) is 51.8 Å². The van der Waals surface area contributed by atoms with E-state index in [-0.39, 0.29) is 24.4 Å². The van der Waals surface area contributed by atoms with Gasteiger partial charge in [-0.1, -0.05) is 19.8 Å². The van der Waals surface area contributed by atoms with Crippen LogP contribution in [0.5, 0.6) is 11.5 Å². The lowest BCUT2D eigenvalue weighted by atomic mass is 9.88. The number of carboxylic acid groups (broad SMARTS) is 1. The van der Waals surface area contributed by atoms with Crippen molar-refractivity contribution in [2.75, 3.05) is 6.54 Å². The molecule has 0 radical (unpaired) electrons. The predicted molar refractivity (Wildman–Crippen MR) is 91.3 cm³/mol. The summed E-state index contributed by atoms with van der Waals surface area (Å²) in [6, 6.07) is 2.37. The average Bonchev–Trinajstić information content (AvgIpc) is 2.57. The first-order valence-electron chi connectivity index (χ1n) is 8.91. The van der Waals surface area contributed by atoms with Gasteiger partial charge < -0.3 is 20.3 Å². The first-order valence-corrected chi connectivity index (χ1v) is 8.91. The highest BCUT2D eigenvalue weighted by Crippen LogP contribution is 2.33. The number of carbonyl (C=O) groups is 1. The first-order chi connectivity index (χ1) is 13.3. The molecule has 1 aromatic rings. The molecule has 1 rings (SSSR count). The van der Waals surface area contributed by atoms with Crippen LogP contribution in [0, 0.1) is 11.8 Å². The standard InChI is InChI=1S/C18H23F6NO4/c1-2-11(8-13(10-25)16(26)27)4-3-5-12-9-14(28-17(19,20)21)6-7-15(12)29-18(22,23)24/h6-7,9,11,13H,2-5,8,10,25H2,1H3,(H,26,27). The molecule has 1 aromatic carbocycles. The third-order valence-corrected chi connectivity index (χ3v) is 4.38. The Labute approximate surface area is 163 Å². The number of hydrogen-bond acceptors (Lipinski definition) is 4. The summed E-state index contributed by atoms with van der Waals surface area (Å²) < 4.78 is 82.4. The van der Waals surface area contributed by atoms with Gasteiger partial charge in [-0.25, -0.2) is 0 Å². The topological polar surface area (TPSA) is 81.8 Å². The van der Waals surface area contributed by atoms with E-state index >= 15 is 0 Å². The highest BCUT2D eigenvalue weighted by molar-refractivity contribution is 5.70. The molecule has 2 unspecified atom stereocenters. The highest BCUT2D eigenvalue weighted by atomic mass is 19.4. The largest absolute Gasteiger partial charge is 0.573 e. The van der Waals surface area contributed by atoms with Crippen LogP contribution in [-0.2, 0) is 11.2 Å². The van der Waals surface area contributed by atoms with Crippen LogP contribution in [0.4, 0.5) is 26.3 Å². The van der Waals surface area contributed by atoms with Gasteiger partial charge in [-0.05, 0) is 48.9 Å². The first kappa shape index (κ1) is 24.9. The van der Waals surface area contributed by atoms with Crippen LogP contribution in [0.3, 0.4) is 0 Å². The maximum atomic E-state index is 12.6. The zero-order chi connectivity index (χ0) is 22.2. The third-order valence-electron chi connectivity index (χ3n) is 4.38. The van der Waals surface area contributed by atoms with Gasteiger partial charge in [0.2, 0.25) is 0 Å². The maximum Gasteiger partial charge on any atom is 0.573 e. The Balaban J connectivity index is 2.87. The summed E-state index contributed by atoms with van der Waals surface area (Å²) in [6.45, 7) is 1.81. The van der Waals surface area contributed by atoms with Crippen LogP contribution in [0.1, 0.15) is 38.2 Å². The zero-order valence-electron chi connectivity index (χ0n) is 15.6. The van der Waals surface area contributed by atoms with Gasteiger partial charge in [-0.15, -0.1) is 26.3 Å². The SMILES string of the molecule is CCC(CCCc1cc(OC(F)(F)F)ccc1OC(F)(F)F)CC(CN)C(=O)O. The molecule has 2 atom stereocenters. The number of ether oxygens (including phenoxy) is 2. The summed E-state index contributed by atoms with van der Waals surface area (Å²) in [6.07, 6.45) is -8.25. The normalized spacial score (nSPS) is 14.3. The minimum Gasteiger partial charge on any atom is -0.481 e. The van der Waals surface area contributed by atoms with Crippen molar-refractivity contribution in [1.82, 2.24) is 0 Å². The minimum absolute atomic E-state index is 0.00265. The van der Waals surface area contributed by atoms with Gasteiger partial charge >= 0.3 is 18.7 Å². The number of aryl methyl sites for hydroxylation is 1. The molecule has 11 heteroatoms. The summed E-state index contributed by atoms with van der Waals surface area (Å²) in [5, 5.41) is 9.08. The summed E-state index contributed by atoms with van der Waals surface area (Å²) in [5.74, 6) is -3.05. The molecule has 0 aliphatic rings. The van der Waals surface area contributed by atoms with Crippen molar-refractivity contribution in [3.63, 3.8) is 0 Å². The number of carboxylic acids is 1. The zero-order valence-corrected chi connectivity index (χ0v) is 15.6. The molecule has 0 aliphatic heterocycles. The lowest BCUT2D eigenvalue weighted by molar-refractivity contribution is -0.277. The number of alkyl halides is 6. The molecule has 5 nitrogen and oxygen atoms in total. The van der Waals surface area contributed by atoms with Crippen LogP contribution in [0.25, 0.3) is 0 Å². The van der Waals surface area contributed by atoms with E-state index in [1.54, 1.807) is 0 Å². The van der Waals surface area contributed by atoms with Crippen LogP contribution < -0.4 is 15.2 Å². The van der Waals surface area contributed by atoms with Crippen molar-refractivity contribution in [3.8, 4) is 11.5 Å². The number of halogens is 6. The van der Waals surface area contributed by atoms with Gasteiger partial charge in [-0.3, -0.25) is 4.79 Å². The third kappa shape index (κ3) is 9.73. The summed E-state index contributed by atoms with van der Waals surface area (Å²) >= 11 is 0. The Kier molecular flexibility index (Phi) is 9.06. The van der Waals surface area contributed by atoms with Gasteiger partial charge in [0.25, 0.3) is 0 Å². The highest BCUT2D eigenvalue weighted by Gasteiger charge is 2.34. The molecule has 0 fully saturated rings. The van der Waals surface area contributed by atoms with Crippen molar-refractivity contribution >= 4 is 5.97 Å². The van der Waals surface area contributed by atoms with Crippen LogP contribution in [-0.4, -0.2) is 30.3 Å².